The van der Waals surface area contributed by atoms with Crippen LogP contribution in [0.25, 0.3) is 16.3 Å². The van der Waals surface area contributed by atoms with Crippen LogP contribution in [0.5, 0.6) is 0 Å². The maximum Gasteiger partial charge on any atom is 0.234 e. The fourth-order valence-corrected chi connectivity index (χ4v) is 2.83. The van der Waals surface area contributed by atoms with Gasteiger partial charge in [-0.3, -0.25) is 0 Å². The van der Waals surface area contributed by atoms with Crippen LogP contribution in [0.3, 0.4) is 0 Å². The molecule has 1 aromatic carbocycles. The molecule has 20 heavy (non-hydrogen) atoms. The molecule has 104 valence electrons. The van der Waals surface area contributed by atoms with Crippen LogP contribution in [-0.4, -0.2) is 32.4 Å². The summed E-state index contributed by atoms with van der Waals surface area (Å²) in [6, 6.07) is 10.5. The van der Waals surface area contributed by atoms with Crippen molar-refractivity contribution >= 4 is 16.3 Å². The predicted molar refractivity (Wildman–Crippen MR) is 80.9 cm³/mol. The second kappa shape index (κ2) is 5.68. The number of rotatable bonds is 5. The molecule has 0 atom stereocenters. The summed E-state index contributed by atoms with van der Waals surface area (Å²) < 4.78 is 1.84. The third-order valence-electron chi connectivity index (χ3n) is 2.96. The Bertz CT molecular complexity index is 686. The van der Waals surface area contributed by atoms with Crippen LogP contribution in [0.4, 0.5) is 0 Å². The average molecular weight is 287 g/mol. The zero-order valence-electron chi connectivity index (χ0n) is 11.6. The Morgan fingerprint density at radius 2 is 2.00 bits per heavy atom. The highest BCUT2D eigenvalue weighted by molar-refractivity contribution is 7.16. The van der Waals surface area contributed by atoms with Gasteiger partial charge in [-0.2, -0.15) is 9.61 Å². The van der Waals surface area contributed by atoms with Crippen molar-refractivity contribution in [3.63, 3.8) is 0 Å². The molecule has 0 fully saturated rings. The smallest absolute Gasteiger partial charge is 0.234 e. The molecular weight excluding hydrogens is 270 g/mol. The lowest BCUT2D eigenvalue weighted by atomic mass is 10.2. The second-order valence-electron chi connectivity index (χ2n) is 4.94. The van der Waals surface area contributed by atoms with E-state index in [9.17, 15) is 0 Å². The number of hydrogen-bond acceptors (Lipinski definition) is 5. The van der Waals surface area contributed by atoms with Crippen molar-refractivity contribution in [2.24, 2.45) is 0 Å². The van der Waals surface area contributed by atoms with Crippen LogP contribution in [0.2, 0.25) is 0 Å². The SMILES string of the molecule is CC(C)NCCc1nn2c(-c3ccccc3)nnc2s1. The van der Waals surface area contributed by atoms with E-state index in [1.54, 1.807) is 11.3 Å². The van der Waals surface area contributed by atoms with Gasteiger partial charge < -0.3 is 5.32 Å². The molecule has 6 heteroatoms. The van der Waals surface area contributed by atoms with Crippen molar-refractivity contribution in [3.05, 3.63) is 35.3 Å². The maximum absolute atomic E-state index is 4.62. The zero-order chi connectivity index (χ0) is 13.9. The fraction of sp³-hybridized carbons (Fsp3) is 0.357. The van der Waals surface area contributed by atoms with Gasteiger partial charge in [-0.15, -0.1) is 10.2 Å². The van der Waals surface area contributed by atoms with E-state index in [4.69, 9.17) is 0 Å². The van der Waals surface area contributed by atoms with Gasteiger partial charge in [0.05, 0.1) is 0 Å². The molecule has 2 aromatic heterocycles. The molecule has 3 rings (SSSR count). The lowest BCUT2D eigenvalue weighted by Gasteiger charge is -2.05. The Morgan fingerprint density at radius 3 is 2.75 bits per heavy atom. The summed E-state index contributed by atoms with van der Waals surface area (Å²) in [4.78, 5) is 0.850. The summed E-state index contributed by atoms with van der Waals surface area (Å²) in [7, 11) is 0. The Hall–Kier alpha value is -1.79. The molecule has 0 aliphatic carbocycles. The molecule has 0 radical (unpaired) electrons. The van der Waals surface area contributed by atoms with Gasteiger partial charge in [0.2, 0.25) is 4.96 Å². The Kier molecular flexibility index (Phi) is 3.75. The summed E-state index contributed by atoms with van der Waals surface area (Å²) in [5.41, 5.74) is 1.04. The van der Waals surface area contributed by atoms with Gasteiger partial charge in [0.25, 0.3) is 0 Å². The monoisotopic (exact) mass is 287 g/mol. The van der Waals surface area contributed by atoms with E-state index in [2.05, 4.69) is 34.5 Å². The third-order valence-corrected chi connectivity index (χ3v) is 3.91. The minimum atomic E-state index is 0.501. The normalized spacial score (nSPS) is 11.6. The molecule has 0 saturated carbocycles. The molecule has 0 aliphatic heterocycles. The highest BCUT2D eigenvalue weighted by Crippen LogP contribution is 2.21. The first-order valence-corrected chi connectivity index (χ1v) is 7.55. The molecule has 2 heterocycles. The van der Waals surface area contributed by atoms with Crippen LogP contribution in [0, 0.1) is 0 Å². The molecule has 0 bridgehead atoms. The van der Waals surface area contributed by atoms with E-state index >= 15 is 0 Å². The molecule has 5 nitrogen and oxygen atoms in total. The van der Waals surface area contributed by atoms with E-state index < -0.39 is 0 Å². The van der Waals surface area contributed by atoms with Crippen molar-refractivity contribution in [1.29, 1.82) is 0 Å². The first kappa shape index (κ1) is 13.2. The summed E-state index contributed by atoms with van der Waals surface area (Å²) in [6.07, 6.45) is 0.917. The second-order valence-corrected chi connectivity index (χ2v) is 5.98. The average Bonchev–Trinajstić information content (AvgIpc) is 2.99. The first-order valence-electron chi connectivity index (χ1n) is 6.74. The molecule has 0 spiro atoms. The zero-order valence-corrected chi connectivity index (χ0v) is 12.4. The number of nitrogens with one attached hydrogen (secondary N) is 1. The Balaban J connectivity index is 1.84. The predicted octanol–water partition coefficient (Wildman–Crippen LogP) is 2.39. The van der Waals surface area contributed by atoms with E-state index in [1.807, 2.05) is 34.8 Å². The lowest BCUT2D eigenvalue weighted by molar-refractivity contribution is 0.588. The lowest BCUT2D eigenvalue weighted by Crippen LogP contribution is -2.24. The molecule has 0 amide bonds. The Morgan fingerprint density at radius 1 is 1.20 bits per heavy atom. The topological polar surface area (TPSA) is 55.1 Å². The van der Waals surface area contributed by atoms with Crippen molar-refractivity contribution in [2.45, 2.75) is 26.3 Å². The van der Waals surface area contributed by atoms with Crippen LogP contribution in [0.15, 0.2) is 30.3 Å². The van der Waals surface area contributed by atoms with Crippen molar-refractivity contribution in [2.75, 3.05) is 6.54 Å². The molecule has 1 N–H and O–H groups in total. The minimum Gasteiger partial charge on any atom is -0.314 e. The van der Waals surface area contributed by atoms with Crippen LogP contribution >= 0.6 is 11.3 Å². The van der Waals surface area contributed by atoms with Crippen LogP contribution in [0.1, 0.15) is 18.9 Å². The van der Waals surface area contributed by atoms with Gasteiger partial charge in [-0.1, -0.05) is 55.5 Å². The van der Waals surface area contributed by atoms with Gasteiger partial charge in [0.15, 0.2) is 5.82 Å². The number of nitrogens with zero attached hydrogens (tertiary/aromatic N) is 4. The molecule has 3 aromatic rings. The first-order chi connectivity index (χ1) is 9.74. The molecule has 0 saturated heterocycles. The van der Waals surface area contributed by atoms with Gasteiger partial charge >= 0.3 is 0 Å². The Labute approximate surface area is 121 Å². The van der Waals surface area contributed by atoms with Gasteiger partial charge in [0, 0.05) is 24.6 Å². The largest absolute Gasteiger partial charge is 0.314 e. The summed E-state index contributed by atoms with van der Waals surface area (Å²) >= 11 is 1.60. The summed E-state index contributed by atoms with van der Waals surface area (Å²) in [5.74, 6) is 0.805. The number of fused-ring (bicyclic) bond motifs is 1. The number of benzene rings is 1. The summed E-state index contributed by atoms with van der Waals surface area (Å²) in [5, 5.41) is 17.5. The van der Waals surface area contributed by atoms with Gasteiger partial charge in [0.1, 0.15) is 5.01 Å². The van der Waals surface area contributed by atoms with Gasteiger partial charge in [-0.25, -0.2) is 0 Å². The van der Waals surface area contributed by atoms with Crippen molar-refractivity contribution in [1.82, 2.24) is 25.1 Å². The van der Waals surface area contributed by atoms with E-state index in [0.717, 1.165) is 34.3 Å². The fourth-order valence-electron chi connectivity index (χ4n) is 1.99. The summed E-state index contributed by atoms with van der Waals surface area (Å²) in [6.45, 7) is 5.22. The highest BCUT2D eigenvalue weighted by atomic mass is 32.1. The van der Waals surface area contributed by atoms with Crippen LogP contribution in [-0.2, 0) is 6.42 Å². The van der Waals surface area contributed by atoms with Crippen molar-refractivity contribution < 1.29 is 0 Å². The standard InChI is InChI=1S/C14H17N5S/c1-10(2)15-9-8-12-18-19-13(16-17-14(19)20-12)11-6-4-3-5-7-11/h3-7,10,15H,8-9H2,1-2H3. The van der Waals surface area contributed by atoms with Gasteiger partial charge in [-0.05, 0) is 0 Å². The van der Waals surface area contributed by atoms with E-state index in [-0.39, 0.29) is 0 Å². The molecule has 0 aliphatic rings. The number of hydrogen-bond donors (Lipinski definition) is 1. The quantitative estimate of drug-likeness (QED) is 0.783. The molecule has 0 unspecified atom stereocenters. The number of aromatic nitrogens is 4. The molecular formula is C14H17N5S. The van der Waals surface area contributed by atoms with E-state index in [1.165, 1.54) is 0 Å². The van der Waals surface area contributed by atoms with Crippen LogP contribution < -0.4 is 5.32 Å². The van der Waals surface area contributed by atoms with E-state index in [0.29, 0.717) is 6.04 Å². The van der Waals surface area contributed by atoms with Crippen molar-refractivity contribution in [3.8, 4) is 11.4 Å². The highest BCUT2D eigenvalue weighted by Gasteiger charge is 2.12. The third kappa shape index (κ3) is 2.71. The minimum absolute atomic E-state index is 0.501. The maximum atomic E-state index is 4.62.